The van der Waals surface area contributed by atoms with Gasteiger partial charge in [0.2, 0.25) is 10.0 Å². The highest BCUT2D eigenvalue weighted by Crippen LogP contribution is 2.55. The Balaban J connectivity index is 1.36. The summed E-state index contributed by atoms with van der Waals surface area (Å²) >= 11 is 0. The van der Waals surface area contributed by atoms with E-state index in [0.29, 0.717) is 29.6 Å². The third-order valence-corrected chi connectivity index (χ3v) is 6.98. The lowest BCUT2D eigenvalue weighted by atomic mass is 9.59. The molecule has 0 fully saturated rings. The average molecular weight is 433 g/mol. The predicted octanol–water partition coefficient (Wildman–Crippen LogP) is 4.09. The van der Waals surface area contributed by atoms with Crippen molar-refractivity contribution < 1.29 is 13.2 Å². The van der Waals surface area contributed by atoms with Crippen LogP contribution < -0.4 is 10.0 Å². The van der Waals surface area contributed by atoms with Crippen LogP contribution in [0.2, 0.25) is 0 Å². The molecule has 3 aromatic carbocycles. The molecule has 2 N–H and O–H groups in total. The van der Waals surface area contributed by atoms with Crippen molar-refractivity contribution in [1.82, 2.24) is 5.32 Å². The Bertz CT molecular complexity index is 1220. The molecular weight excluding hydrogens is 408 g/mol. The standard InChI is InChI=1S/C25H24N2O3S/c1-31(29,30)27-18-8-6-7-16(13-18)25(28)26-15-17-14-23-19-9-2-4-11-21(19)24(17)22-12-5-3-10-20(22)23/h2-13,17,23-24,27H,14-15H2,1H3,(H,26,28). The fourth-order valence-corrected chi connectivity index (χ4v) is 5.78. The van der Waals surface area contributed by atoms with E-state index >= 15 is 0 Å². The summed E-state index contributed by atoms with van der Waals surface area (Å²) in [6.45, 7) is 0.576. The van der Waals surface area contributed by atoms with Gasteiger partial charge < -0.3 is 5.32 Å². The monoisotopic (exact) mass is 432 g/mol. The summed E-state index contributed by atoms with van der Waals surface area (Å²) in [5.74, 6) is 0.758. The molecule has 3 aliphatic carbocycles. The molecule has 3 aliphatic rings. The van der Waals surface area contributed by atoms with Gasteiger partial charge in [-0.25, -0.2) is 8.42 Å². The Morgan fingerprint density at radius 1 is 0.903 bits per heavy atom. The van der Waals surface area contributed by atoms with Crippen LogP contribution in [0.3, 0.4) is 0 Å². The molecule has 2 bridgehead atoms. The highest BCUT2D eigenvalue weighted by atomic mass is 32.2. The number of hydrogen-bond donors (Lipinski definition) is 2. The first-order valence-corrected chi connectivity index (χ1v) is 12.3. The molecule has 5 nitrogen and oxygen atoms in total. The van der Waals surface area contributed by atoms with Gasteiger partial charge in [-0.3, -0.25) is 9.52 Å². The number of rotatable bonds is 5. The third kappa shape index (κ3) is 3.72. The molecule has 31 heavy (non-hydrogen) atoms. The summed E-state index contributed by atoms with van der Waals surface area (Å²) in [5.41, 5.74) is 6.39. The van der Waals surface area contributed by atoms with Crippen LogP contribution >= 0.6 is 0 Å². The number of anilines is 1. The van der Waals surface area contributed by atoms with Gasteiger partial charge in [0, 0.05) is 29.6 Å². The Labute approximate surface area is 182 Å². The molecule has 1 amide bonds. The molecule has 1 atom stereocenters. The van der Waals surface area contributed by atoms with Crippen LogP contribution in [0.4, 0.5) is 5.69 Å². The van der Waals surface area contributed by atoms with Gasteiger partial charge in [0.1, 0.15) is 0 Å². The Morgan fingerprint density at radius 3 is 2.13 bits per heavy atom. The van der Waals surface area contributed by atoms with E-state index in [1.165, 1.54) is 22.3 Å². The topological polar surface area (TPSA) is 75.3 Å². The van der Waals surface area contributed by atoms with Gasteiger partial charge in [-0.15, -0.1) is 0 Å². The first-order chi connectivity index (χ1) is 14.9. The zero-order valence-electron chi connectivity index (χ0n) is 17.2. The van der Waals surface area contributed by atoms with Crippen molar-refractivity contribution in [2.75, 3.05) is 17.5 Å². The minimum absolute atomic E-state index is 0.194. The van der Waals surface area contributed by atoms with E-state index in [1.807, 2.05) is 0 Å². The molecule has 0 heterocycles. The highest BCUT2D eigenvalue weighted by Gasteiger charge is 2.42. The summed E-state index contributed by atoms with van der Waals surface area (Å²) in [7, 11) is -3.39. The van der Waals surface area contributed by atoms with Crippen LogP contribution in [-0.4, -0.2) is 27.1 Å². The first-order valence-electron chi connectivity index (χ1n) is 10.4. The highest BCUT2D eigenvalue weighted by molar-refractivity contribution is 7.92. The second kappa shape index (κ2) is 7.54. The molecule has 3 aromatic rings. The smallest absolute Gasteiger partial charge is 0.251 e. The quantitative estimate of drug-likeness (QED) is 0.638. The number of carbonyl (C=O) groups excluding carboxylic acids is 1. The lowest BCUT2D eigenvalue weighted by Gasteiger charge is -2.45. The summed E-state index contributed by atoms with van der Waals surface area (Å²) < 4.78 is 25.4. The van der Waals surface area contributed by atoms with Crippen molar-refractivity contribution in [1.29, 1.82) is 0 Å². The van der Waals surface area contributed by atoms with Crippen molar-refractivity contribution in [3.8, 4) is 0 Å². The minimum atomic E-state index is -3.39. The second-order valence-electron chi connectivity index (χ2n) is 8.45. The first kappa shape index (κ1) is 19.8. The number of fused-ring (bicyclic) bond motifs is 1. The molecule has 158 valence electrons. The van der Waals surface area contributed by atoms with Crippen LogP contribution in [0.5, 0.6) is 0 Å². The fourth-order valence-electron chi connectivity index (χ4n) is 5.22. The lowest BCUT2D eigenvalue weighted by molar-refractivity contribution is 0.0943. The second-order valence-corrected chi connectivity index (χ2v) is 10.2. The van der Waals surface area contributed by atoms with Crippen LogP contribution in [0.1, 0.15) is 50.9 Å². The average Bonchev–Trinajstić information content (AvgIpc) is 2.76. The molecule has 1 unspecified atom stereocenters. The number of sulfonamides is 1. The van der Waals surface area contributed by atoms with Crippen molar-refractivity contribution in [2.24, 2.45) is 5.92 Å². The van der Waals surface area contributed by atoms with Gasteiger partial charge in [-0.2, -0.15) is 0 Å². The number of amides is 1. The summed E-state index contributed by atoms with van der Waals surface area (Å²) in [6.07, 6.45) is 2.10. The van der Waals surface area contributed by atoms with Gasteiger partial charge in [-0.1, -0.05) is 54.6 Å². The molecule has 0 radical (unpaired) electrons. The van der Waals surface area contributed by atoms with E-state index in [0.717, 1.165) is 12.7 Å². The molecule has 0 saturated carbocycles. The van der Waals surface area contributed by atoms with E-state index in [2.05, 4.69) is 58.6 Å². The van der Waals surface area contributed by atoms with Crippen LogP contribution in [-0.2, 0) is 10.0 Å². The zero-order chi connectivity index (χ0) is 21.6. The maximum atomic E-state index is 12.8. The van der Waals surface area contributed by atoms with E-state index in [-0.39, 0.29) is 11.8 Å². The van der Waals surface area contributed by atoms with Gasteiger partial charge in [0.05, 0.1) is 6.26 Å². The Hall–Kier alpha value is -3.12. The summed E-state index contributed by atoms with van der Waals surface area (Å²) in [6, 6.07) is 23.9. The molecular formula is C25H24N2O3S. The minimum Gasteiger partial charge on any atom is -0.352 e. The number of carbonyl (C=O) groups is 1. The number of hydrogen-bond acceptors (Lipinski definition) is 3. The number of benzene rings is 3. The maximum Gasteiger partial charge on any atom is 0.251 e. The van der Waals surface area contributed by atoms with Crippen LogP contribution in [0.25, 0.3) is 0 Å². The lowest BCUT2D eigenvalue weighted by Crippen LogP contribution is -2.39. The molecule has 0 aliphatic heterocycles. The molecule has 0 aromatic heterocycles. The third-order valence-electron chi connectivity index (χ3n) is 6.38. The van der Waals surface area contributed by atoms with Crippen LogP contribution in [0, 0.1) is 5.92 Å². The maximum absolute atomic E-state index is 12.8. The van der Waals surface area contributed by atoms with E-state index in [9.17, 15) is 13.2 Å². The van der Waals surface area contributed by atoms with Gasteiger partial charge in [-0.05, 0) is 52.8 Å². The van der Waals surface area contributed by atoms with Crippen LogP contribution in [0.15, 0.2) is 72.8 Å². The van der Waals surface area contributed by atoms with Crippen molar-refractivity contribution in [3.05, 3.63) is 101 Å². The van der Waals surface area contributed by atoms with Crippen molar-refractivity contribution in [3.63, 3.8) is 0 Å². The van der Waals surface area contributed by atoms with Gasteiger partial charge in [0.25, 0.3) is 5.91 Å². The van der Waals surface area contributed by atoms with E-state index in [1.54, 1.807) is 24.3 Å². The zero-order valence-corrected chi connectivity index (χ0v) is 18.0. The van der Waals surface area contributed by atoms with Gasteiger partial charge in [0.15, 0.2) is 0 Å². The largest absolute Gasteiger partial charge is 0.352 e. The predicted molar refractivity (Wildman–Crippen MR) is 122 cm³/mol. The SMILES string of the molecule is CS(=O)(=O)Nc1cccc(C(=O)NCC2CC3c4ccccc4C2c2ccccc23)c1. The summed E-state index contributed by atoms with van der Waals surface area (Å²) in [5, 5.41) is 3.09. The molecule has 6 heteroatoms. The Morgan fingerprint density at radius 2 is 1.52 bits per heavy atom. The van der Waals surface area contributed by atoms with Crippen molar-refractivity contribution >= 4 is 21.6 Å². The number of nitrogens with one attached hydrogen (secondary N) is 2. The Kier molecular flexibility index (Phi) is 4.82. The van der Waals surface area contributed by atoms with E-state index in [4.69, 9.17) is 0 Å². The molecule has 0 saturated heterocycles. The fraction of sp³-hybridized carbons (Fsp3) is 0.240. The van der Waals surface area contributed by atoms with Gasteiger partial charge >= 0.3 is 0 Å². The summed E-state index contributed by atoms with van der Waals surface area (Å²) in [4.78, 5) is 12.8. The van der Waals surface area contributed by atoms with E-state index < -0.39 is 10.0 Å². The van der Waals surface area contributed by atoms with Crippen molar-refractivity contribution in [2.45, 2.75) is 18.3 Å². The normalized spacial score (nSPS) is 21.1. The molecule has 0 spiro atoms. The molecule has 6 rings (SSSR count).